The molecule has 3 rings (SSSR count). The molecule has 0 saturated carbocycles. The van der Waals surface area contributed by atoms with Crippen molar-refractivity contribution in [3.8, 4) is 0 Å². The number of hydrogen-bond acceptors (Lipinski definition) is 1. The van der Waals surface area contributed by atoms with Gasteiger partial charge in [0.05, 0.1) is 0 Å². The maximum absolute atomic E-state index is 13.5. The number of anilines is 2. The molecule has 0 saturated heterocycles. The Hall–Kier alpha value is -1.94. The topological polar surface area (TPSA) is 15.3 Å². The minimum atomic E-state index is -0.223. The molecule has 0 spiro atoms. The van der Waals surface area contributed by atoms with Crippen molar-refractivity contribution in [2.45, 2.75) is 13.3 Å². The summed E-state index contributed by atoms with van der Waals surface area (Å²) in [5.74, 6) is -0.223. The van der Waals surface area contributed by atoms with E-state index in [2.05, 4.69) is 22.3 Å². The van der Waals surface area contributed by atoms with Gasteiger partial charge in [0.15, 0.2) is 5.11 Å². The van der Waals surface area contributed by atoms with Crippen LogP contribution in [-0.4, -0.2) is 11.7 Å². The second-order valence-corrected chi connectivity index (χ2v) is 5.31. The third kappa shape index (κ3) is 2.39. The van der Waals surface area contributed by atoms with Gasteiger partial charge in [-0.2, -0.15) is 0 Å². The maximum Gasteiger partial charge on any atom is 0.177 e. The minimum absolute atomic E-state index is 0.223. The van der Waals surface area contributed by atoms with Crippen molar-refractivity contribution in [3.63, 3.8) is 0 Å². The SMILES string of the molecule is Cc1ccc(NC(=S)N2CCc3ccccc32)cc1F. The fourth-order valence-electron chi connectivity index (χ4n) is 2.41. The molecule has 1 aliphatic heterocycles. The molecule has 0 radical (unpaired) electrons. The Morgan fingerprint density at radius 1 is 1.25 bits per heavy atom. The molecule has 0 aliphatic carbocycles. The van der Waals surface area contributed by atoms with E-state index in [1.54, 1.807) is 13.0 Å². The van der Waals surface area contributed by atoms with Gasteiger partial charge in [-0.15, -0.1) is 0 Å². The largest absolute Gasteiger partial charge is 0.332 e. The molecule has 0 unspecified atom stereocenters. The quantitative estimate of drug-likeness (QED) is 0.801. The lowest BCUT2D eigenvalue weighted by atomic mass is 10.2. The van der Waals surface area contributed by atoms with Gasteiger partial charge in [0.1, 0.15) is 5.82 Å². The van der Waals surface area contributed by atoms with Crippen LogP contribution in [0.2, 0.25) is 0 Å². The van der Waals surface area contributed by atoms with Crippen LogP contribution in [0.5, 0.6) is 0 Å². The van der Waals surface area contributed by atoms with Crippen LogP contribution in [0.15, 0.2) is 42.5 Å². The predicted molar refractivity (Wildman–Crippen MR) is 84.8 cm³/mol. The van der Waals surface area contributed by atoms with Crippen LogP contribution in [0.4, 0.5) is 15.8 Å². The first-order chi connectivity index (χ1) is 9.65. The van der Waals surface area contributed by atoms with Gasteiger partial charge in [-0.3, -0.25) is 0 Å². The Labute approximate surface area is 123 Å². The number of benzene rings is 2. The highest BCUT2D eigenvalue weighted by Gasteiger charge is 2.21. The van der Waals surface area contributed by atoms with E-state index in [4.69, 9.17) is 12.2 Å². The van der Waals surface area contributed by atoms with Crippen LogP contribution in [0.3, 0.4) is 0 Å². The highest BCUT2D eigenvalue weighted by atomic mass is 32.1. The molecular weight excluding hydrogens is 271 g/mol. The zero-order valence-corrected chi connectivity index (χ0v) is 12.0. The molecule has 0 atom stereocenters. The van der Waals surface area contributed by atoms with Crippen molar-refractivity contribution in [2.75, 3.05) is 16.8 Å². The van der Waals surface area contributed by atoms with E-state index in [-0.39, 0.29) is 5.82 Å². The van der Waals surface area contributed by atoms with E-state index in [1.165, 1.54) is 11.6 Å². The number of hydrogen-bond donors (Lipinski definition) is 1. The normalized spacial score (nSPS) is 13.2. The van der Waals surface area contributed by atoms with Crippen molar-refractivity contribution in [3.05, 3.63) is 59.4 Å². The Bertz CT molecular complexity index is 669. The lowest BCUT2D eigenvalue weighted by Gasteiger charge is -2.21. The van der Waals surface area contributed by atoms with Gasteiger partial charge in [-0.25, -0.2) is 4.39 Å². The van der Waals surface area contributed by atoms with Crippen LogP contribution in [0, 0.1) is 12.7 Å². The summed E-state index contributed by atoms with van der Waals surface area (Å²) in [4.78, 5) is 2.06. The van der Waals surface area contributed by atoms with E-state index in [0.29, 0.717) is 16.4 Å². The first-order valence-electron chi connectivity index (χ1n) is 6.58. The second-order valence-electron chi connectivity index (χ2n) is 4.92. The molecule has 102 valence electrons. The molecule has 2 nitrogen and oxygen atoms in total. The molecule has 0 amide bonds. The summed E-state index contributed by atoms with van der Waals surface area (Å²) in [7, 11) is 0. The number of fused-ring (bicyclic) bond motifs is 1. The smallest absolute Gasteiger partial charge is 0.177 e. The van der Waals surface area contributed by atoms with Gasteiger partial charge in [0, 0.05) is 17.9 Å². The fraction of sp³-hybridized carbons (Fsp3) is 0.188. The van der Waals surface area contributed by atoms with E-state index >= 15 is 0 Å². The van der Waals surface area contributed by atoms with Gasteiger partial charge in [-0.05, 0) is 54.9 Å². The summed E-state index contributed by atoms with van der Waals surface area (Å²) < 4.78 is 13.5. The van der Waals surface area contributed by atoms with Crippen molar-refractivity contribution in [1.29, 1.82) is 0 Å². The summed E-state index contributed by atoms with van der Waals surface area (Å²) in [6.45, 7) is 2.60. The van der Waals surface area contributed by atoms with Gasteiger partial charge in [0.2, 0.25) is 0 Å². The van der Waals surface area contributed by atoms with Gasteiger partial charge >= 0.3 is 0 Å². The zero-order valence-electron chi connectivity index (χ0n) is 11.2. The number of para-hydroxylation sites is 1. The number of thiocarbonyl (C=S) groups is 1. The van der Waals surface area contributed by atoms with Crippen molar-refractivity contribution >= 4 is 28.7 Å². The van der Waals surface area contributed by atoms with E-state index in [9.17, 15) is 4.39 Å². The highest BCUT2D eigenvalue weighted by molar-refractivity contribution is 7.80. The summed E-state index contributed by atoms with van der Waals surface area (Å²) in [6, 6.07) is 13.3. The first kappa shape index (κ1) is 13.1. The highest BCUT2D eigenvalue weighted by Crippen LogP contribution is 2.28. The number of halogens is 1. The van der Waals surface area contributed by atoms with Gasteiger partial charge in [0.25, 0.3) is 0 Å². The summed E-state index contributed by atoms with van der Waals surface area (Å²) >= 11 is 5.44. The molecule has 2 aromatic rings. The standard InChI is InChI=1S/C16H15FN2S/c1-11-6-7-13(10-14(11)17)18-16(20)19-9-8-12-4-2-3-5-15(12)19/h2-7,10H,8-9H2,1H3,(H,18,20). The molecule has 4 heteroatoms. The van der Waals surface area contributed by atoms with Crippen molar-refractivity contribution < 1.29 is 4.39 Å². The number of nitrogens with one attached hydrogen (secondary N) is 1. The Morgan fingerprint density at radius 2 is 2.05 bits per heavy atom. The van der Waals surface area contributed by atoms with Crippen LogP contribution in [0.1, 0.15) is 11.1 Å². The van der Waals surface area contributed by atoms with E-state index in [1.807, 2.05) is 18.2 Å². The molecule has 0 aromatic heterocycles. The zero-order chi connectivity index (χ0) is 14.1. The maximum atomic E-state index is 13.5. The number of nitrogens with zero attached hydrogens (tertiary/aromatic N) is 1. The lowest BCUT2D eigenvalue weighted by molar-refractivity contribution is 0.619. The Morgan fingerprint density at radius 3 is 2.85 bits per heavy atom. The average Bonchev–Trinajstić information content (AvgIpc) is 2.87. The van der Waals surface area contributed by atoms with Gasteiger partial charge in [-0.1, -0.05) is 24.3 Å². The lowest BCUT2D eigenvalue weighted by Crippen LogP contribution is -2.33. The van der Waals surface area contributed by atoms with E-state index < -0.39 is 0 Å². The van der Waals surface area contributed by atoms with Crippen LogP contribution in [-0.2, 0) is 6.42 Å². The van der Waals surface area contributed by atoms with Crippen molar-refractivity contribution in [2.24, 2.45) is 0 Å². The molecule has 2 aromatic carbocycles. The average molecular weight is 286 g/mol. The summed E-state index contributed by atoms with van der Waals surface area (Å²) in [6.07, 6.45) is 0.986. The van der Waals surface area contributed by atoms with Crippen molar-refractivity contribution in [1.82, 2.24) is 0 Å². The minimum Gasteiger partial charge on any atom is -0.332 e. The molecule has 1 aliphatic rings. The van der Waals surface area contributed by atoms with Crippen LogP contribution >= 0.6 is 12.2 Å². The van der Waals surface area contributed by atoms with Crippen LogP contribution in [0.25, 0.3) is 0 Å². The third-order valence-corrected chi connectivity index (χ3v) is 3.88. The molecule has 0 fully saturated rings. The monoisotopic (exact) mass is 286 g/mol. The fourth-order valence-corrected chi connectivity index (χ4v) is 2.72. The predicted octanol–water partition coefficient (Wildman–Crippen LogP) is 3.89. The summed E-state index contributed by atoms with van der Waals surface area (Å²) in [5.41, 5.74) is 3.75. The first-order valence-corrected chi connectivity index (χ1v) is 6.98. The summed E-state index contributed by atoms with van der Waals surface area (Å²) in [5, 5.41) is 3.72. The third-order valence-electron chi connectivity index (χ3n) is 3.56. The number of aryl methyl sites for hydroxylation is 1. The Kier molecular flexibility index (Phi) is 3.40. The Balaban J connectivity index is 1.79. The molecular formula is C16H15FN2S. The second kappa shape index (κ2) is 5.21. The van der Waals surface area contributed by atoms with E-state index in [0.717, 1.165) is 18.7 Å². The molecule has 1 N–H and O–H groups in total. The molecule has 1 heterocycles. The van der Waals surface area contributed by atoms with Crippen LogP contribution < -0.4 is 10.2 Å². The molecule has 0 bridgehead atoms. The van der Waals surface area contributed by atoms with Gasteiger partial charge < -0.3 is 10.2 Å². The number of rotatable bonds is 1. The molecule has 20 heavy (non-hydrogen) atoms.